The van der Waals surface area contributed by atoms with Crippen LogP contribution in [0.3, 0.4) is 0 Å². The van der Waals surface area contributed by atoms with Crippen molar-refractivity contribution in [3.05, 3.63) is 72.8 Å². The average molecular weight is 666 g/mol. The predicted molar refractivity (Wildman–Crippen MR) is 174 cm³/mol. The number of nitrogens with zero attached hydrogens (tertiary/aromatic N) is 10. The fourth-order valence-corrected chi connectivity index (χ4v) is 6.63. The monoisotopic (exact) mass is 665 g/mol. The molecule has 14 nitrogen and oxygen atoms in total. The van der Waals surface area contributed by atoms with E-state index >= 15 is 0 Å². The lowest BCUT2D eigenvalue weighted by molar-refractivity contribution is -0.131. The number of fused-ring (bicyclic) bond motifs is 6. The Balaban J connectivity index is 1.19. The van der Waals surface area contributed by atoms with E-state index in [1.165, 1.54) is 30.2 Å². The van der Waals surface area contributed by atoms with Gasteiger partial charge in [-0.2, -0.15) is 10.1 Å². The number of aryl methyl sites for hydroxylation is 1. The number of imidazole rings is 1. The number of carbonyl (C=O) groups excluding carboxylic acids is 2. The molecule has 248 valence electrons. The summed E-state index contributed by atoms with van der Waals surface area (Å²) in [5, 5.41) is 7.66. The molecule has 49 heavy (non-hydrogen) atoms. The Kier molecular flexibility index (Phi) is 7.34. The van der Waals surface area contributed by atoms with Crippen LogP contribution in [0.1, 0.15) is 19.8 Å². The lowest BCUT2D eigenvalue weighted by Crippen LogP contribution is -2.45. The van der Waals surface area contributed by atoms with Crippen molar-refractivity contribution in [2.75, 3.05) is 30.4 Å². The Bertz CT molecular complexity index is 2270. The second-order valence-electron chi connectivity index (χ2n) is 12.0. The fraction of sp³-hybridized carbons (Fsp3) is 0.273. The molecule has 2 aliphatic rings. The zero-order chi connectivity index (χ0) is 33.8. The molecule has 2 amide bonds. The van der Waals surface area contributed by atoms with Gasteiger partial charge >= 0.3 is 6.01 Å². The van der Waals surface area contributed by atoms with Crippen molar-refractivity contribution in [3.8, 4) is 23.0 Å². The Hall–Kier alpha value is -6.06. The molecule has 0 aliphatic carbocycles. The number of anilines is 2. The number of ether oxygens (including phenoxy) is 1. The summed E-state index contributed by atoms with van der Waals surface area (Å²) in [5.41, 5.74) is 3.19. The second-order valence-corrected chi connectivity index (χ2v) is 12.0. The first-order valence-corrected chi connectivity index (χ1v) is 15.7. The maximum absolute atomic E-state index is 14.8. The van der Waals surface area contributed by atoms with Crippen molar-refractivity contribution in [2.45, 2.75) is 38.5 Å². The fourth-order valence-electron chi connectivity index (χ4n) is 6.63. The molecule has 0 saturated carbocycles. The molecule has 0 radical (unpaired) electrons. The number of aromatic nitrogens is 8. The molecular formula is C33H29F2N11O3. The molecular weight excluding hydrogens is 636 g/mol. The third-order valence-corrected chi connectivity index (χ3v) is 8.79. The molecule has 6 aromatic rings. The number of rotatable bonds is 3. The number of amides is 2. The Morgan fingerprint density at radius 3 is 2.78 bits per heavy atom. The molecule has 6 heterocycles. The molecule has 8 rings (SSSR count). The minimum absolute atomic E-state index is 0.0212. The van der Waals surface area contributed by atoms with Gasteiger partial charge in [-0.3, -0.25) is 14.9 Å². The predicted octanol–water partition coefficient (Wildman–Crippen LogP) is 3.75. The summed E-state index contributed by atoms with van der Waals surface area (Å²) in [6.07, 6.45) is 4.82. The maximum atomic E-state index is 14.8. The van der Waals surface area contributed by atoms with Crippen LogP contribution in [-0.4, -0.2) is 88.3 Å². The number of hydrogen-bond donors (Lipinski definition) is 1. The molecule has 16 heteroatoms. The van der Waals surface area contributed by atoms with Crippen LogP contribution >= 0.6 is 0 Å². The van der Waals surface area contributed by atoms with Gasteiger partial charge in [-0.05, 0) is 30.7 Å². The highest BCUT2D eigenvalue weighted by atomic mass is 19.1. The van der Waals surface area contributed by atoms with Crippen LogP contribution in [0.25, 0.3) is 39.0 Å². The topological polar surface area (TPSA) is 149 Å². The molecule has 1 saturated heterocycles. The van der Waals surface area contributed by atoms with Crippen LogP contribution in [-0.2, 0) is 16.1 Å². The third kappa shape index (κ3) is 5.34. The molecule has 4 bridgehead atoms. The van der Waals surface area contributed by atoms with E-state index < -0.39 is 23.8 Å². The zero-order valence-electron chi connectivity index (χ0n) is 26.4. The smallest absolute Gasteiger partial charge is 0.317 e. The van der Waals surface area contributed by atoms with E-state index in [2.05, 4.69) is 30.4 Å². The van der Waals surface area contributed by atoms with Gasteiger partial charge < -0.3 is 19.1 Å². The lowest BCUT2D eigenvalue weighted by atomic mass is 10.1. The standard InChI is InChI=1S/C33H29F2N11O3/c1-18(47)40-32-41-25-6-3-5-21-24-9-10-36-33(42-24)49-20-14-27(31(48)43(2)11-4-12-44(32)28(21)25)45(16-20)29-22-15-39-46(30(22)38-17-37-29)26-8-7-19(34)13-23(26)35/h3,5-10,13,15,17,20,27H,4,11-12,14,16H2,1-2H3,(H,40,41,47)/t20-,27-/m0/s1. The van der Waals surface area contributed by atoms with Crippen molar-refractivity contribution < 1.29 is 23.1 Å². The van der Waals surface area contributed by atoms with Gasteiger partial charge in [0.1, 0.15) is 35.8 Å². The van der Waals surface area contributed by atoms with Gasteiger partial charge in [0.2, 0.25) is 17.8 Å². The van der Waals surface area contributed by atoms with E-state index in [9.17, 15) is 18.4 Å². The third-order valence-electron chi connectivity index (χ3n) is 8.79. The van der Waals surface area contributed by atoms with Crippen molar-refractivity contribution in [3.63, 3.8) is 0 Å². The molecule has 4 aromatic heterocycles. The van der Waals surface area contributed by atoms with Crippen molar-refractivity contribution >= 4 is 45.6 Å². The summed E-state index contributed by atoms with van der Waals surface area (Å²) < 4.78 is 38.0. The molecule has 1 fully saturated rings. The quantitative estimate of drug-likeness (QED) is 0.296. The van der Waals surface area contributed by atoms with E-state index in [0.717, 1.165) is 23.2 Å². The van der Waals surface area contributed by atoms with Crippen molar-refractivity contribution in [1.29, 1.82) is 0 Å². The number of hydrogen-bond acceptors (Lipinski definition) is 10. The van der Waals surface area contributed by atoms with Crippen LogP contribution in [0.5, 0.6) is 6.01 Å². The van der Waals surface area contributed by atoms with E-state index in [-0.39, 0.29) is 35.7 Å². The van der Waals surface area contributed by atoms with E-state index in [1.54, 1.807) is 24.2 Å². The van der Waals surface area contributed by atoms with Crippen molar-refractivity contribution in [2.24, 2.45) is 0 Å². The Morgan fingerprint density at radius 1 is 1.06 bits per heavy atom. The molecule has 2 aliphatic heterocycles. The van der Waals surface area contributed by atoms with Gasteiger partial charge in [-0.25, -0.2) is 33.4 Å². The van der Waals surface area contributed by atoms with E-state index in [4.69, 9.17) is 9.72 Å². The second kappa shape index (κ2) is 11.9. The molecule has 0 unspecified atom stereocenters. The van der Waals surface area contributed by atoms with Crippen LogP contribution in [0, 0.1) is 11.6 Å². The van der Waals surface area contributed by atoms with Gasteiger partial charge in [0.25, 0.3) is 0 Å². The number of para-hydroxylation sites is 1. The first-order valence-electron chi connectivity index (χ1n) is 15.7. The lowest BCUT2D eigenvalue weighted by Gasteiger charge is -2.28. The number of nitrogens with one attached hydrogen (secondary N) is 1. The van der Waals surface area contributed by atoms with Gasteiger partial charge in [0.15, 0.2) is 11.5 Å². The zero-order valence-corrected chi connectivity index (χ0v) is 26.4. The highest BCUT2D eigenvalue weighted by Crippen LogP contribution is 2.35. The van der Waals surface area contributed by atoms with Crippen molar-refractivity contribution in [1.82, 2.24) is 44.2 Å². The average Bonchev–Trinajstić information content (AvgIpc) is 3.79. The van der Waals surface area contributed by atoms with Gasteiger partial charge in [0.05, 0.1) is 34.9 Å². The van der Waals surface area contributed by atoms with E-state index in [0.29, 0.717) is 54.3 Å². The number of halogens is 2. The van der Waals surface area contributed by atoms with E-state index in [1.807, 2.05) is 27.7 Å². The number of likely N-dealkylation sites (N-methyl/N-ethyl adjacent to an activating group) is 1. The largest absolute Gasteiger partial charge is 0.458 e. The summed E-state index contributed by atoms with van der Waals surface area (Å²) in [5.74, 6) is -1.10. The SMILES string of the molecule is CC(=O)Nc1nc2cccc3c2n1CCCN(C)C(=O)[C@@H]1C[C@@H](CN1c1ncnc2c1cnn2-c1ccc(F)cc1F)Oc1nccc-3n1. The van der Waals surface area contributed by atoms with Gasteiger partial charge in [-0.15, -0.1) is 0 Å². The van der Waals surface area contributed by atoms with Crippen LogP contribution < -0.4 is 15.0 Å². The molecule has 0 spiro atoms. The summed E-state index contributed by atoms with van der Waals surface area (Å²) in [6, 6.07) is 10.1. The minimum atomic E-state index is -0.798. The first kappa shape index (κ1) is 30.3. The maximum Gasteiger partial charge on any atom is 0.317 e. The molecule has 2 aromatic carbocycles. The molecule has 1 N–H and O–H groups in total. The van der Waals surface area contributed by atoms with Crippen LogP contribution in [0.15, 0.2) is 61.2 Å². The van der Waals surface area contributed by atoms with Gasteiger partial charge in [0, 0.05) is 51.3 Å². The normalized spacial score (nSPS) is 18.0. The summed E-state index contributed by atoms with van der Waals surface area (Å²) in [4.78, 5) is 52.5. The number of benzene rings is 2. The summed E-state index contributed by atoms with van der Waals surface area (Å²) in [7, 11) is 1.75. The summed E-state index contributed by atoms with van der Waals surface area (Å²) in [6.45, 7) is 2.56. The van der Waals surface area contributed by atoms with Crippen LogP contribution in [0.2, 0.25) is 0 Å². The Morgan fingerprint density at radius 2 is 1.94 bits per heavy atom. The van der Waals surface area contributed by atoms with Gasteiger partial charge in [-0.1, -0.05) is 12.1 Å². The minimum Gasteiger partial charge on any atom is -0.458 e. The molecule has 2 atom stereocenters. The summed E-state index contributed by atoms with van der Waals surface area (Å²) >= 11 is 0. The number of carbonyl (C=O) groups is 2. The Labute approximate surface area is 277 Å². The first-order chi connectivity index (χ1) is 23.7. The van der Waals surface area contributed by atoms with Crippen LogP contribution in [0.4, 0.5) is 20.5 Å². The highest BCUT2D eigenvalue weighted by Gasteiger charge is 2.41. The highest BCUT2D eigenvalue weighted by molar-refractivity contribution is 5.96.